The number of aryl methyl sites for hydroxylation is 4. The Kier molecular flexibility index (Phi) is 30.3. The molecule has 0 atom stereocenters. The van der Waals surface area contributed by atoms with Crippen molar-refractivity contribution in [2.45, 2.75) is 310 Å². The Balaban J connectivity index is 1.34. The molecule has 0 saturated carbocycles. The molecule has 0 aliphatic rings. The first kappa shape index (κ1) is 57.8. The largest absolute Gasteiger partial charge is 0.244 e. The summed E-state index contributed by atoms with van der Waals surface area (Å²) in [6.45, 7) is 9.24. The quantitative estimate of drug-likeness (QED) is 0.0288. The maximum absolute atomic E-state index is 5.54. The molecule has 0 bridgehead atoms. The van der Waals surface area contributed by atoms with Gasteiger partial charge in [-0.3, -0.25) is 0 Å². The summed E-state index contributed by atoms with van der Waals surface area (Å²) >= 11 is 0. The number of rotatable bonds is 44. The van der Waals surface area contributed by atoms with Crippen LogP contribution >= 0.6 is 0 Å². The van der Waals surface area contributed by atoms with E-state index in [-0.39, 0.29) is 0 Å². The molecule has 3 aromatic carbocycles. The van der Waals surface area contributed by atoms with Crippen LogP contribution in [-0.4, -0.2) is 19.9 Å². The van der Waals surface area contributed by atoms with Gasteiger partial charge in [0.25, 0.3) is 0 Å². The monoisotopic (exact) mass is 955 g/mol. The molecule has 0 aliphatic heterocycles. The van der Waals surface area contributed by atoms with E-state index >= 15 is 0 Å². The van der Waals surface area contributed by atoms with Gasteiger partial charge in [-0.2, -0.15) is 0 Å². The van der Waals surface area contributed by atoms with Gasteiger partial charge in [-0.15, -0.1) is 0 Å². The van der Waals surface area contributed by atoms with E-state index in [2.05, 4.69) is 64.1 Å². The van der Waals surface area contributed by atoms with Gasteiger partial charge in [0, 0.05) is 0 Å². The van der Waals surface area contributed by atoms with Crippen LogP contribution in [0.4, 0.5) is 0 Å². The van der Waals surface area contributed by atoms with E-state index in [9.17, 15) is 0 Å². The van der Waals surface area contributed by atoms with Crippen molar-refractivity contribution < 1.29 is 0 Å². The molecule has 0 amide bonds. The van der Waals surface area contributed by atoms with Crippen LogP contribution in [0.3, 0.4) is 0 Å². The Bertz CT molecular complexity index is 1820. The van der Waals surface area contributed by atoms with Crippen LogP contribution in [0.15, 0.2) is 36.4 Å². The summed E-state index contributed by atoms with van der Waals surface area (Å²) in [5, 5.41) is 0. The molecule has 2 aromatic heterocycles. The number of nitrogens with zero attached hydrogens (tertiary/aromatic N) is 4. The highest BCUT2D eigenvalue weighted by molar-refractivity contribution is 5.99. The lowest BCUT2D eigenvalue weighted by atomic mass is 9.97. The van der Waals surface area contributed by atoms with Crippen molar-refractivity contribution in [1.82, 2.24) is 19.9 Å². The molecule has 4 heteroatoms. The Morgan fingerprint density at radius 3 is 0.543 bits per heavy atom. The van der Waals surface area contributed by atoms with Crippen LogP contribution in [-0.2, 0) is 25.7 Å². The lowest BCUT2D eigenvalue weighted by Crippen LogP contribution is -2.01. The van der Waals surface area contributed by atoms with Crippen LogP contribution in [0, 0.1) is 0 Å². The van der Waals surface area contributed by atoms with E-state index in [0.717, 1.165) is 69.8 Å². The minimum absolute atomic E-state index is 0.965. The van der Waals surface area contributed by atoms with Gasteiger partial charge in [0.1, 0.15) is 0 Å². The highest BCUT2D eigenvalue weighted by Gasteiger charge is 2.16. The first-order valence-corrected chi connectivity index (χ1v) is 31.0. The summed E-state index contributed by atoms with van der Waals surface area (Å²) in [5.74, 6) is 0. The summed E-state index contributed by atoms with van der Waals surface area (Å²) in [6, 6.07) is 14.1. The Hall–Kier alpha value is -3.14. The normalized spacial score (nSPS) is 11.9. The first-order valence-electron chi connectivity index (χ1n) is 31.0. The lowest BCUT2D eigenvalue weighted by molar-refractivity contribution is 0.556. The third-order valence-electron chi connectivity index (χ3n) is 15.8. The van der Waals surface area contributed by atoms with Crippen LogP contribution in [0.25, 0.3) is 44.1 Å². The molecule has 70 heavy (non-hydrogen) atoms. The Morgan fingerprint density at radius 1 is 0.214 bits per heavy atom. The van der Waals surface area contributed by atoms with Gasteiger partial charge >= 0.3 is 0 Å². The first-order chi connectivity index (χ1) is 34.7. The van der Waals surface area contributed by atoms with E-state index in [1.807, 2.05) is 0 Å². The SMILES string of the molecule is CCCCCCCCCCCCc1ccc(CCCCCCCCCCCC)c2nc3cc4nc5c(CCCCCCCCCCCC)ccc(CCCCCCCCCCCC)c5nc4cc3nc12. The van der Waals surface area contributed by atoms with Crippen LogP contribution in [0.1, 0.15) is 307 Å². The van der Waals surface area contributed by atoms with Crippen molar-refractivity contribution in [3.8, 4) is 0 Å². The Morgan fingerprint density at radius 2 is 0.371 bits per heavy atom. The predicted octanol–water partition coefficient (Wildman–Crippen LogP) is 21.7. The van der Waals surface area contributed by atoms with E-state index < -0.39 is 0 Å². The summed E-state index contributed by atoms with van der Waals surface area (Å²) in [4.78, 5) is 22.1. The minimum Gasteiger partial charge on any atom is -0.244 e. The number of aromatic nitrogens is 4. The molecular weight excluding hydrogens is 849 g/mol. The van der Waals surface area contributed by atoms with Gasteiger partial charge in [0.05, 0.1) is 44.1 Å². The van der Waals surface area contributed by atoms with E-state index in [1.165, 1.54) is 279 Å². The van der Waals surface area contributed by atoms with Gasteiger partial charge in [0.2, 0.25) is 0 Å². The molecule has 0 aliphatic carbocycles. The highest BCUT2D eigenvalue weighted by atomic mass is 14.9. The van der Waals surface area contributed by atoms with Crippen molar-refractivity contribution in [2.75, 3.05) is 0 Å². The summed E-state index contributed by atoms with van der Waals surface area (Å²) < 4.78 is 0. The second-order valence-electron chi connectivity index (χ2n) is 22.2. The predicted molar refractivity (Wildman–Crippen MR) is 310 cm³/mol. The zero-order valence-electron chi connectivity index (χ0n) is 46.4. The topological polar surface area (TPSA) is 51.6 Å². The third-order valence-corrected chi connectivity index (χ3v) is 15.8. The van der Waals surface area contributed by atoms with E-state index in [0.29, 0.717) is 0 Å². The molecular formula is C66H106N4. The van der Waals surface area contributed by atoms with Crippen LogP contribution in [0.2, 0.25) is 0 Å². The molecule has 5 aromatic rings. The molecule has 0 N–H and O–H groups in total. The van der Waals surface area contributed by atoms with Crippen molar-refractivity contribution in [1.29, 1.82) is 0 Å². The molecule has 4 nitrogen and oxygen atoms in total. The van der Waals surface area contributed by atoms with Crippen LogP contribution in [0.5, 0.6) is 0 Å². The smallest absolute Gasteiger partial charge is 0.0929 e. The lowest BCUT2D eigenvalue weighted by Gasteiger charge is -2.14. The van der Waals surface area contributed by atoms with Crippen LogP contribution < -0.4 is 0 Å². The van der Waals surface area contributed by atoms with Gasteiger partial charge in [0.15, 0.2) is 0 Å². The van der Waals surface area contributed by atoms with Gasteiger partial charge in [-0.1, -0.05) is 283 Å². The molecule has 0 saturated heterocycles. The Labute approximate surface area is 431 Å². The zero-order valence-corrected chi connectivity index (χ0v) is 46.4. The second-order valence-corrected chi connectivity index (χ2v) is 22.2. The molecule has 0 fully saturated rings. The number of hydrogen-bond acceptors (Lipinski definition) is 4. The number of hydrogen-bond donors (Lipinski definition) is 0. The molecule has 0 unspecified atom stereocenters. The maximum atomic E-state index is 5.54. The number of unbranched alkanes of at least 4 members (excludes halogenated alkanes) is 36. The molecule has 0 radical (unpaired) electrons. The van der Waals surface area contributed by atoms with Crippen molar-refractivity contribution in [3.05, 3.63) is 58.7 Å². The summed E-state index contributed by atoms with van der Waals surface area (Å²) in [6.07, 6.45) is 58.7. The number of fused-ring (bicyclic) bond motifs is 4. The number of benzene rings is 3. The average molecular weight is 956 g/mol. The summed E-state index contributed by atoms with van der Waals surface area (Å²) in [5.41, 5.74) is 13.8. The average Bonchev–Trinajstić information content (AvgIpc) is 3.37. The molecule has 0 spiro atoms. The van der Waals surface area contributed by atoms with Gasteiger partial charge < -0.3 is 0 Å². The third kappa shape index (κ3) is 21.5. The van der Waals surface area contributed by atoms with Gasteiger partial charge in [-0.05, 0) is 85.8 Å². The van der Waals surface area contributed by atoms with Gasteiger partial charge in [-0.25, -0.2) is 19.9 Å². The zero-order chi connectivity index (χ0) is 49.1. The molecule has 5 rings (SSSR count). The maximum Gasteiger partial charge on any atom is 0.0929 e. The standard InChI is InChI=1S/C66H106N4/c1-5-9-13-17-21-25-29-33-37-41-45-55-49-50-56(46-42-38-34-30-26-22-18-14-10-6-2)64-63(55)67-59-53-61-62(54-60(59)68-64)70-66-58(48-44-40-36-32-28-24-20-16-12-8-4)52-51-57(65(66)69-61)47-43-39-35-31-27-23-19-15-11-7-3/h49-54H,5-48H2,1-4H3. The molecule has 390 valence electrons. The van der Waals surface area contributed by atoms with Crippen molar-refractivity contribution in [2.24, 2.45) is 0 Å². The fourth-order valence-electron chi connectivity index (χ4n) is 11.2. The minimum atomic E-state index is 0.965. The van der Waals surface area contributed by atoms with Crippen molar-refractivity contribution in [3.63, 3.8) is 0 Å². The fourth-order valence-corrected chi connectivity index (χ4v) is 11.2. The summed E-state index contributed by atoms with van der Waals surface area (Å²) in [7, 11) is 0. The van der Waals surface area contributed by atoms with Crippen molar-refractivity contribution >= 4 is 44.1 Å². The fraction of sp³-hybridized carbons (Fsp3) is 0.727. The van der Waals surface area contributed by atoms with E-state index in [1.54, 1.807) is 0 Å². The highest BCUT2D eigenvalue weighted by Crippen LogP contribution is 2.31. The second kappa shape index (κ2) is 36.7. The molecule has 2 heterocycles. The van der Waals surface area contributed by atoms with E-state index in [4.69, 9.17) is 19.9 Å².